The molecule has 0 saturated carbocycles. The van der Waals surface area contributed by atoms with Gasteiger partial charge in [0.15, 0.2) is 0 Å². The average molecular weight is 248 g/mol. The van der Waals surface area contributed by atoms with Crippen LogP contribution in [0.4, 0.5) is 0 Å². The lowest BCUT2D eigenvalue weighted by atomic mass is 9.88. The van der Waals surface area contributed by atoms with E-state index in [0.717, 1.165) is 19.6 Å². The Morgan fingerprint density at radius 1 is 1.22 bits per heavy atom. The summed E-state index contributed by atoms with van der Waals surface area (Å²) >= 11 is 0. The molecule has 0 bridgehead atoms. The van der Waals surface area contributed by atoms with Gasteiger partial charge in [-0.25, -0.2) is 0 Å². The van der Waals surface area contributed by atoms with Crippen LogP contribution in [-0.2, 0) is 6.54 Å². The number of hydrogen-bond donors (Lipinski definition) is 1. The van der Waals surface area contributed by atoms with E-state index in [1.54, 1.807) is 0 Å². The molecular formula is C16H28N2. The van der Waals surface area contributed by atoms with Gasteiger partial charge in [0.1, 0.15) is 0 Å². The maximum atomic E-state index is 5.75. The van der Waals surface area contributed by atoms with Crippen molar-refractivity contribution in [1.29, 1.82) is 0 Å². The largest absolute Gasteiger partial charge is 0.330 e. The predicted octanol–water partition coefficient (Wildman–Crippen LogP) is 3.19. The Bertz CT molecular complexity index is 358. The molecule has 0 aliphatic rings. The number of benzene rings is 1. The van der Waals surface area contributed by atoms with Gasteiger partial charge in [-0.15, -0.1) is 0 Å². The van der Waals surface area contributed by atoms with E-state index in [9.17, 15) is 0 Å². The molecule has 1 rings (SSSR count). The average Bonchev–Trinajstić information content (AvgIpc) is 2.32. The highest BCUT2D eigenvalue weighted by Gasteiger charge is 2.15. The standard InChI is InChI=1S/C16H28N2/c1-14-8-5-6-9-15(14)12-18(4)11-7-10-16(2,3)13-17/h5-6,8-9H,7,10-13,17H2,1-4H3. The Balaban J connectivity index is 2.34. The van der Waals surface area contributed by atoms with Crippen LogP contribution in [0.25, 0.3) is 0 Å². The molecule has 2 N–H and O–H groups in total. The van der Waals surface area contributed by atoms with Gasteiger partial charge in [-0.1, -0.05) is 38.1 Å². The van der Waals surface area contributed by atoms with Crippen molar-refractivity contribution < 1.29 is 0 Å². The molecule has 0 saturated heterocycles. The molecule has 0 amide bonds. The highest BCUT2D eigenvalue weighted by atomic mass is 15.1. The third-order valence-corrected chi connectivity index (χ3v) is 3.65. The highest BCUT2D eigenvalue weighted by molar-refractivity contribution is 5.25. The zero-order valence-electron chi connectivity index (χ0n) is 12.4. The van der Waals surface area contributed by atoms with Crippen molar-refractivity contribution in [2.75, 3.05) is 20.1 Å². The second kappa shape index (κ2) is 6.91. The van der Waals surface area contributed by atoms with Crippen molar-refractivity contribution >= 4 is 0 Å². The van der Waals surface area contributed by atoms with Crippen LogP contribution >= 0.6 is 0 Å². The molecule has 1 aromatic rings. The molecule has 0 heterocycles. The Kier molecular flexibility index (Phi) is 5.83. The van der Waals surface area contributed by atoms with Gasteiger partial charge in [-0.05, 0) is 56.4 Å². The molecule has 0 radical (unpaired) electrons. The molecule has 18 heavy (non-hydrogen) atoms. The Labute approximate surface area is 112 Å². The second-order valence-corrected chi connectivity index (χ2v) is 6.14. The first-order valence-electron chi connectivity index (χ1n) is 6.88. The number of rotatable bonds is 7. The molecule has 0 aliphatic carbocycles. The molecule has 0 unspecified atom stereocenters. The van der Waals surface area contributed by atoms with Gasteiger partial charge >= 0.3 is 0 Å². The summed E-state index contributed by atoms with van der Waals surface area (Å²) < 4.78 is 0. The maximum absolute atomic E-state index is 5.75. The van der Waals surface area contributed by atoms with E-state index in [4.69, 9.17) is 5.73 Å². The Hall–Kier alpha value is -0.860. The minimum absolute atomic E-state index is 0.281. The van der Waals surface area contributed by atoms with Crippen LogP contribution < -0.4 is 5.73 Å². The fourth-order valence-electron chi connectivity index (χ4n) is 2.09. The predicted molar refractivity (Wildman–Crippen MR) is 79.6 cm³/mol. The van der Waals surface area contributed by atoms with Crippen LogP contribution in [0.15, 0.2) is 24.3 Å². The number of nitrogens with zero attached hydrogens (tertiary/aromatic N) is 1. The van der Waals surface area contributed by atoms with E-state index < -0.39 is 0 Å². The molecule has 2 nitrogen and oxygen atoms in total. The monoisotopic (exact) mass is 248 g/mol. The van der Waals surface area contributed by atoms with E-state index >= 15 is 0 Å². The zero-order chi connectivity index (χ0) is 13.6. The SMILES string of the molecule is Cc1ccccc1CN(C)CCCC(C)(C)CN. The minimum atomic E-state index is 0.281. The van der Waals surface area contributed by atoms with Crippen molar-refractivity contribution in [2.45, 2.75) is 40.2 Å². The van der Waals surface area contributed by atoms with Crippen LogP contribution in [0.2, 0.25) is 0 Å². The third-order valence-electron chi connectivity index (χ3n) is 3.65. The van der Waals surface area contributed by atoms with Gasteiger partial charge in [-0.3, -0.25) is 0 Å². The summed E-state index contributed by atoms with van der Waals surface area (Å²) in [6.07, 6.45) is 2.41. The van der Waals surface area contributed by atoms with E-state index in [1.165, 1.54) is 24.0 Å². The van der Waals surface area contributed by atoms with Gasteiger partial charge in [0.25, 0.3) is 0 Å². The molecule has 2 heteroatoms. The number of nitrogens with two attached hydrogens (primary N) is 1. The zero-order valence-corrected chi connectivity index (χ0v) is 12.4. The molecule has 0 aliphatic heterocycles. The summed E-state index contributed by atoms with van der Waals surface area (Å²) in [6.45, 7) is 9.62. The minimum Gasteiger partial charge on any atom is -0.330 e. The van der Waals surface area contributed by atoms with Crippen molar-refractivity contribution in [3.05, 3.63) is 35.4 Å². The summed E-state index contributed by atoms with van der Waals surface area (Å²) in [5, 5.41) is 0. The van der Waals surface area contributed by atoms with Gasteiger partial charge in [0.05, 0.1) is 0 Å². The summed E-state index contributed by atoms with van der Waals surface area (Å²) in [5.41, 5.74) is 8.84. The van der Waals surface area contributed by atoms with Gasteiger partial charge in [-0.2, -0.15) is 0 Å². The second-order valence-electron chi connectivity index (χ2n) is 6.14. The number of hydrogen-bond acceptors (Lipinski definition) is 2. The topological polar surface area (TPSA) is 29.3 Å². The van der Waals surface area contributed by atoms with Crippen LogP contribution in [-0.4, -0.2) is 25.0 Å². The lowest BCUT2D eigenvalue weighted by molar-refractivity contribution is 0.273. The fraction of sp³-hybridized carbons (Fsp3) is 0.625. The van der Waals surface area contributed by atoms with E-state index in [1.807, 2.05) is 0 Å². The first kappa shape index (κ1) is 15.2. The third kappa shape index (κ3) is 5.19. The van der Waals surface area contributed by atoms with Crippen LogP contribution in [0.5, 0.6) is 0 Å². The molecule has 0 atom stereocenters. The highest BCUT2D eigenvalue weighted by Crippen LogP contribution is 2.20. The van der Waals surface area contributed by atoms with Gasteiger partial charge < -0.3 is 10.6 Å². The van der Waals surface area contributed by atoms with Gasteiger partial charge in [0, 0.05) is 6.54 Å². The lowest BCUT2D eigenvalue weighted by Gasteiger charge is -2.24. The molecule has 0 spiro atoms. The van der Waals surface area contributed by atoms with Crippen molar-refractivity contribution in [1.82, 2.24) is 4.90 Å². The van der Waals surface area contributed by atoms with E-state index in [-0.39, 0.29) is 5.41 Å². The normalized spacial score (nSPS) is 12.1. The quantitative estimate of drug-likeness (QED) is 0.803. The molecule has 0 aromatic heterocycles. The van der Waals surface area contributed by atoms with Crippen molar-refractivity contribution in [3.8, 4) is 0 Å². The fourth-order valence-corrected chi connectivity index (χ4v) is 2.09. The van der Waals surface area contributed by atoms with E-state index in [2.05, 4.69) is 57.0 Å². The number of aryl methyl sites for hydroxylation is 1. The molecule has 102 valence electrons. The Morgan fingerprint density at radius 3 is 2.50 bits per heavy atom. The van der Waals surface area contributed by atoms with E-state index in [0.29, 0.717) is 0 Å². The van der Waals surface area contributed by atoms with Gasteiger partial charge in [0.2, 0.25) is 0 Å². The summed E-state index contributed by atoms with van der Waals surface area (Å²) in [6, 6.07) is 8.62. The van der Waals surface area contributed by atoms with Crippen LogP contribution in [0, 0.1) is 12.3 Å². The summed E-state index contributed by atoms with van der Waals surface area (Å²) in [4.78, 5) is 2.40. The maximum Gasteiger partial charge on any atom is 0.0233 e. The molecule has 0 fully saturated rings. The molecular weight excluding hydrogens is 220 g/mol. The summed E-state index contributed by atoms with van der Waals surface area (Å²) in [7, 11) is 2.20. The van der Waals surface area contributed by atoms with Crippen molar-refractivity contribution in [3.63, 3.8) is 0 Å². The first-order chi connectivity index (χ1) is 8.44. The van der Waals surface area contributed by atoms with Crippen LogP contribution in [0.3, 0.4) is 0 Å². The summed E-state index contributed by atoms with van der Waals surface area (Å²) in [5.74, 6) is 0. The Morgan fingerprint density at radius 2 is 1.89 bits per heavy atom. The van der Waals surface area contributed by atoms with Crippen LogP contribution in [0.1, 0.15) is 37.8 Å². The molecule has 1 aromatic carbocycles. The smallest absolute Gasteiger partial charge is 0.0233 e. The lowest BCUT2D eigenvalue weighted by Crippen LogP contribution is -2.26. The first-order valence-corrected chi connectivity index (χ1v) is 6.88. The van der Waals surface area contributed by atoms with Crippen molar-refractivity contribution in [2.24, 2.45) is 11.1 Å².